The minimum Gasteiger partial charge on any atom is -0.507 e. The molecule has 2 aromatic carbocycles. The average molecular weight is 290 g/mol. The molecule has 0 spiro atoms. The summed E-state index contributed by atoms with van der Waals surface area (Å²) in [7, 11) is 0. The molecule has 0 radical (unpaired) electrons. The fraction of sp³-hybridized carbons (Fsp3) is 0. The molecule has 0 unspecified atom stereocenters. The molecule has 0 aliphatic carbocycles. The number of phenols is 2. The fourth-order valence-electron chi connectivity index (χ4n) is 1.31. The Kier molecular flexibility index (Phi) is 7.10. The third-order valence-corrected chi connectivity index (χ3v) is 2.27. The van der Waals surface area contributed by atoms with Gasteiger partial charge in [0.05, 0.1) is 8.41 Å². The van der Waals surface area contributed by atoms with Gasteiger partial charge in [-0.3, -0.25) is 0 Å². The average Bonchev–Trinajstić information content (AvgIpc) is 2.40. The van der Waals surface area contributed by atoms with Crippen molar-refractivity contribution in [2.75, 3.05) is 0 Å². The molecule has 0 fully saturated rings. The Balaban J connectivity index is 0.000000364. The van der Waals surface area contributed by atoms with Crippen LogP contribution in [0.2, 0.25) is 0 Å². The van der Waals surface area contributed by atoms with Gasteiger partial charge in [0.15, 0.2) is 0 Å². The van der Waals surface area contributed by atoms with E-state index in [4.69, 9.17) is 20.4 Å². The van der Waals surface area contributed by atoms with Crippen molar-refractivity contribution in [3.8, 4) is 11.5 Å². The van der Waals surface area contributed by atoms with Gasteiger partial charge < -0.3 is 20.4 Å². The van der Waals surface area contributed by atoms with Crippen molar-refractivity contribution in [1.29, 1.82) is 0 Å². The van der Waals surface area contributed by atoms with Gasteiger partial charge in [0.25, 0.3) is 0 Å². The van der Waals surface area contributed by atoms with E-state index in [1.807, 2.05) is 0 Å². The number of benzene rings is 2. The Morgan fingerprint density at radius 2 is 0.952 bits per heavy atom. The Bertz CT molecular complexity index is 571. The Labute approximate surface area is 122 Å². The van der Waals surface area contributed by atoms with Gasteiger partial charge in [-0.25, -0.2) is 9.59 Å². The van der Waals surface area contributed by atoms with E-state index in [1.54, 1.807) is 24.3 Å². The molecule has 110 valence electrons. The minimum atomic E-state index is -1.11. The van der Waals surface area contributed by atoms with Crippen LogP contribution in [-0.2, 0) is 0 Å². The molecule has 2 aromatic rings. The third kappa shape index (κ3) is 5.27. The summed E-state index contributed by atoms with van der Waals surface area (Å²) < 4.78 is 0. The van der Waals surface area contributed by atoms with Crippen LogP contribution in [-0.4, -0.2) is 40.8 Å². The zero-order chi connectivity index (χ0) is 15.1. The molecule has 2 rings (SSSR count). The summed E-state index contributed by atoms with van der Waals surface area (Å²) in [6.07, 6.45) is 0. The molecule has 4 N–H and O–H groups in total. The summed E-state index contributed by atoms with van der Waals surface area (Å²) in [5.74, 6) is -2.62. The van der Waals surface area contributed by atoms with E-state index < -0.39 is 11.9 Å². The van der Waals surface area contributed by atoms with Gasteiger partial charge in [-0.05, 0) is 24.3 Å². The van der Waals surface area contributed by atoms with E-state index in [-0.39, 0.29) is 31.0 Å². The molecular formula is C14H15BO6. The molecule has 0 amide bonds. The number of carboxylic acids is 2. The first-order chi connectivity index (χ1) is 9.43. The van der Waals surface area contributed by atoms with E-state index in [2.05, 4.69) is 0 Å². The zero-order valence-electron chi connectivity index (χ0n) is 10.2. The maximum atomic E-state index is 10.3. The van der Waals surface area contributed by atoms with Crippen molar-refractivity contribution in [2.45, 2.75) is 0 Å². The van der Waals surface area contributed by atoms with Crippen LogP contribution in [0, 0.1) is 0 Å². The number of carboxylic acid groups (broad SMARTS) is 2. The number of aromatic hydroxyl groups is 2. The molecule has 7 heteroatoms. The van der Waals surface area contributed by atoms with E-state index in [9.17, 15) is 9.59 Å². The van der Waals surface area contributed by atoms with Gasteiger partial charge in [0.2, 0.25) is 0 Å². The van der Waals surface area contributed by atoms with Gasteiger partial charge in [-0.1, -0.05) is 24.3 Å². The summed E-state index contributed by atoms with van der Waals surface area (Å²) >= 11 is 0. The number of hydrogen-bond acceptors (Lipinski definition) is 4. The first-order valence-corrected chi connectivity index (χ1v) is 5.46. The summed E-state index contributed by atoms with van der Waals surface area (Å²) in [5.41, 5.74) is -0.134. The van der Waals surface area contributed by atoms with Gasteiger partial charge >= 0.3 is 11.9 Å². The number of carbonyl (C=O) groups is 2. The lowest BCUT2D eigenvalue weighted by Crippen LogP contribution is -1.95. The molecule has 0 aromatic heterocycles. The molecule has 0 saturated carbocycles. The van der Waals surface area contributed by atoms with Crippen LogP contribution in [0.4, 0.5) is 0 Å². The van der Waals surface area contributed by atoms with Crippen molar-refractivity contribution in [1.82, 2.24) is 0 Å². The molecule has 0 atom stereocenters. The third-order valence-electron chi connectivity index (χ3n) is 2.27. The quantitative estimate of drug-likeness (QED) is 0.613. The van der Waals surface area contributed by atoms with E-state index >= 15 is 0 Å². The topological polar surface area (TPSA) is 115 Å². The lowest BCUT2D eigenvalue weighted by Gasteiger charge is -1.95. The van der Waals surface area contributed by atoms with Crippen LogP contribution < -0.4 is 0 Å². The predicted molar refractivity (Wildman–Crippen MR) is 80.1 cm³/mol. The lowest BCUT2D eigenvalue weighted by atomic mass is 10.2. The van der Waals surface area contributed by atoms with Gasteiger partial charge in [0, 0.05) is 0 Å². The van der Waals surface area contributed by atoms with E-state index in [0.717, 1.165) is 0 Å². The molecule has 0 aliphatic heterocycles. The standard InChI is InChI=1S/2C7H6O3.BH3/c2*8-6-4-2-1-3-5(6)7(9)10;/h2*1-4,8H,(H,9,10);1H3. The molecule has 0 aliphatic rings. The monoisotopic (exact) mass is 290 g/mol. The molecule has 21 heavy (non-hydrogen) atoms. The second-order valence-corrected chi connectivity index (χ2v) is 3.64. The molecule has 0 bridgehead atoms. The zero-order valence-corrected chi connectivity index (χ0v) is 10.2. The SMILES string of the molecule is B.O=C(O)c1ccccc1O.O=C(O)c1ccccc1O. The van der Waals surface area contributed by atoms with Gasteiger partial charge in [-0.15, -0.1) is 0 Å². The fourth-order valence-corrected chi connectivity index (χ4v) is 1.31. The van der Waals surface area contributed by atoms with Crippen LogP contribution in [0.25, 0.3) is 0 Å². The van der Waals surface area contributed by atoms with E-state index in [1.165, 1.54) is 24.3 Å². The molecule has 6 nitrogen and oxygen atoms in total. The van der Waals surface area contributed by atoms with Crippen molar-refractivity contribution in [3.63, 3.8) is 0 Å². The van der Waals surface area contributed by atoms with E-state index in [0.29, 0.717) is 0 Å². The van der Waals surface area contributed by atoms with Crippen LogP contribution in [0.15, 0.2) is 48.5 Å². The maximum absolute atomic E-state index is 10.3. The summed E-state index contributed by atoms with van der Waals surface area (Å²) in [5, 5.41) is 34.6. The molecular weight excluding hydrogens is 275 g/mol. The van der Waals surface area contributed by atoms with Crippen molar-refractivity contribution in [2.24, 2.45) is 0 Å². The number of aromatic carboxylic acids is 2. The Morgan fingerprint density at radius 3 is 1.14 bits per heavy atom. The second-order valence-electron chi connectivity index (χ2n) is 3.64. The van der Waals surface area contributed by atoms with Gasteiger partial charge in [0.1, 0.15) is 22.6 Å². The van der Waals surface area contributed by atoms with Crippen molar-refractivity contribution in [3.05, 3.63) is 59.7 Å². The van der Waals surface area contributed by atoms with Crippen molar-refractivity contribution < 1.29 is 30.0 Å². The largest absolute Gasteiger partial charge is 0.507 e. The van der Waals surface area contributed by atoms with Gasteiger partial charge in [-0.2, -0.15) is 0 Å². The predicted octanol–water partition coefficient (Wildman–Crippen LogP) is 0.997. The molecule has 0 saturated heterocycles. The minimum absolute atomic E-state index is 0. The number of para-hydroxylation sites is 2. The Morgan fingerprint density at radius 1 is 0.667 bits per heavy atom. The normalized spacial score (nSPS) is 8.76. The highest BCUT2D eigenvalue weighted by Gasteiger charge is 2.06. The second kappa shape index (κ2) is 8.26. The van der Waals surface area contributed by atoms with Crippen LogP contribution in [0.3, 0.4) is 0 Å². The highest BCUT2D eigenvalue weighted by atomic mass is 16.4. The highest BCUT2D eigenvalue weighted by molar-refractivity contribution is 5.91. The summed E-state index contributed by atoms with van der Waals surface area (Å²) in [4.78, 5) is 20.5. The van der Waals surface area contributed by atoms with Crippen LogP contribution >= 0.6 is 0 Å². The highest BCUT2D eigenvalue weighted by Crippen LogP contribution is 2.15. The first-order valence-electron chi connectivity index (χ1n) is 5.46. The smallest absolute Gasteiger partial charge is 0.339 e. The molecule has 0 heterocycles. The number of hydrogen-bond donors (Lipinski definition) is 4. The maximum Gasteiger partial charge on any atom is 0.339 e. The van der Waals surface area contributed by atoms with Crippen molar-refractivity contribution >= 4 is 20.4 Å². The summed E-state index contributed by atoms with van der Waals surface area (Å²) in [6.45, 7) is 0. The number of rotatable bonds is 2. The van der Waals surface area contributed by atoms with Crippen LogP contribution in [0.1, 0.15) is 20.7 Å². The lowest BCUT2D eigenvalue weighted by molar-refractivity contribution is 0.0682. The Hall–Kier alpha value is -2.96. The van der Waals surface area contributed by atoms with Crippen LogP contribution in [0.5, 0.6) is 11.5 Å². The summed E-state index contributed by atoms with van der Waals surface area (Å²) in [6, 6.07) is 11.6. The first kappa shape index (κ1) is 18.0.